The number of carbonyl (C=O) groups is 3. The highest BCUT2D eigenvalue weighted by molar-refractivity contribution is 8.18. The lowest BCUT2D eigenvalue weighted by Gasteiger charge is -2.13. The Morgan fingerprint density at radius 1 is 1.03 bits per heavy atom. The van der Waals surface area contributed by atoms with E-state index in [1.807, 2.05) is 29.8 Å². The summed E-state index contributed by atoms with van der Waals surface area (Å²) in [6, 6.07) is 8.47. The average Bonchev–Trinajstić information content (AvgIpc) is 3.25. The summed E-state index contributed by atoms with van der Waals surface area (Å²) in [6.07, 6.45) is 1.54. The second kappa shape index (κ2) is 10.0. The maximum Gasteiger partial charge on any atom is 0.294 e. The van der Waals surface area contributed by atoms with E-state index in [0.717, 1.165) is 23.1 Å². The Bertz CT molecular complexity index is 1470. The summed E-state index contributed by atoms with van der Waals surface area (Å²) >= 11 is 12.8. The van der Waals surface area contributed by atoms with Crippen LogP contribution in [0.3, 0.4) is 0 Å². The minimum atomic E-state index is -1.75. The van der Waals surface area contributed by atoms with Crippen LogP contribution in [0.2, 0.25) is 10.0 Å². The molecule has 1 aliphatic heterocycles. The molecule has 0 atom stereocenters. The number of aromatic nitrogens is 1. The van der Waals surface area contributed by atoms with Gasteiger partial charge in [0.2, 0.25) is 5.91 Å². The zero-order valence-electron chi connectivity index (χ0n) is 18.7. The van der Waals surface area contributed by atoms with Gasteiger partial charge >= 0.3 is 0 Å². The van der Waals surface area contributed by atoms with E-state index in [1.54, 1.807) is 18.2 Å². The van der Waals surface area contributed by atoms with Crippen molar-refractivity contribution in [3.8, 4) is 5.69 Å². The molecule has 1 saturated heterocycles. The largest absolute Gasteiger partial charge is 0.322 e. The summed E-state index contributed by atoms with van der Waals surface area (Å²) < 4.78 is 42.2. The molecule has 0 aliphatic carbocycles. The number of imide groups is 1. The van der Waals surface area contributed by atoms with Crippen LogP contribution in [0.5, 0.6) is 0 Å². The summed E-state index contributed by atoms with van der Waals surface area (Å²) in [6.45, 7) is 2.96. The van der Waals surface area contributed by atoms with E-state index < -0.39 is 46.7 Å². The molecule has 0 bridgehead atoms. The summed E-state index contributed by atoms with van der Waals surface area (Å²) in [4.78, 5) is 38.3. The number of hydrogen-bond donors (Lipinski definition) is 1. The standard InChI is InChI=1S/C24H16Cl2F3N3O3S/c1-11-7-13(12(2)32(11)14-3-4-15(25)16(26)9-14)8-19-23(34)31(24(35)36-19)10-20(33)30-18-6-5-17(27)21(28)22(18)29/h3-9H,10H2,1-2H3,(H,30,33)/b19-8+. The van der Waals surface area contributed by atoms with Gasteiger partial charge in [0.1, 0.15) is 6.54 Å². The first-order chi connectivity index (χ1) is 17.0. The maximum atomic E-state index is 13.8. The van der Waals surface area contributed by atoms with Gasteiger partial charge in [-0.25, -0.2) is 13.2 Å². The molecule has 4 rings (SSSR count). The third-order valence-corrected chi connectivity index (χ3v) is 7.05. The lowest BCUT2D eigenvalue weighted by molar-refractivity contribution is -0.127. The monoisotopic (exact) mass is 553 g/mol. The van der Waals surface area contributed by atoms with Crippen LogP contribution in [0.15, 0.2) is 41.3 Å². The van der Waals surface area contributed by atoms with Gasteiger partial charge in [0.05, 0.1) is 20.6 Å². The van der Waals surface area contributed by atoms with E-state index in [-0.39, 0.29) is 4.91 Å². The number of aryl methyl sites for hydroxylation is 1. The third-order valence-electron chi connectivity index (χ3n) is 5.40. The van der Waals surface area contributed by atoms with Crippen molar-refractivity contribution in [1.82, 2.24) is 9.47 Å². The Kier molecular flexibility index (Phi) is 7.21. The number of nitrogens with one attached hydrogen (secondary N) is 1. The lowest BCUT2D eigenvalue weighted by atomic mass is 10.2. The SMILES string of the molecule is Cc1cc(/C=C2/SC(=O)N(CC(=O)Nc3ccc(F)c(F)c3F)C2=O)c(C)n1-c1ccc(Cl)c(Cl)c1. The first-order valence-electron chi connectivity index (χ1n) is 10.3. The fourth-order valence-electron chi connectivity index (χ4n) is 3.69. The van der Waals surface area contributed by atoms with Crippen molar-refractivity contribution in [2.75, 3.05) is 11.9 Å². The lowest BCUT2D eigenvalue weighted by Crippen LogP contribution is -2.36. The molecule has 2 aromatic carbocycles. The number of halogens is 5. The molecule has 0 unspecified atom stereocenters. The molecule has 2 heterocycles. The van der Waals surface area contributed by atoms with Gasteiger partial charge in [-0.3, -0.25) is 19.3 Å². The van der Waals surface area contributed by atoms with Crippen LogP contribution in [0.4, 0.5) is 23.7 Å². The molecule has 0 radical (unpaired) electrons. The normalized spacial score (nSPS) is 14.8. The van der Waals surface area contributed by atoms with Crippen molar-refractivity contribution in [2.24, 2.45) is 0 Å². The number of carbonyl (C=O) groups excluding carboxylic acids is 3. The first-order valence-corrected chi connectivity index (χ1v) is 11.9. The molecule has 1 fully saturated rings. The van der Waals surface area contributed by atoms with Gasteiger partial charge in [0, 0.05) is 17.1 Å². The number of benzene rings is 2. The van der Waals surface area contributed by atoms with Crippen LogP contribution in [0, 0.1) is 31.3 Å². The van der Waals surface area contributed by atoms with Crippen LogP contribution >= 0.6 is 35.0 Å². The van der Waals surface area contributed by atoms with Crippen LogP contribution in [0.1, 0.15) is 17.0 Å². The van der Waals surface area contributed by atoms with E-state index in [9.17, 15) is 27.6 Å². The van der Waals surface area contributed by atoms with Crippen LogP contribution in [-0.4, -0.2) is 33.1 Å². The number of amides is 3. The Hall–Kier alpha value is -3.21. The highest BCUT2D eigenvalue weighted by Gasteiger charge is 2.36. The first kappa shape index (κ1) is 25.9. The Labute approximate surface area is 217 Å². The zero-order valence-corrected chi connectivity index (χ0v) is 21.0. The van der Waals surface area contributed by atoms with Crippen molar-refractivity contribution in [1.29, 1.82) is 0 Å². The average molecular weight is 554 g/mol. The molecular weight excluding hydrogens is 538 g/mol. The smallest absolute Gasteiger partial charge is 0.294 e. The molecule has 186 valence electrons. The van der Waals surface area contributed by atoms with E-state index in [1.165, 1.54) is 6.08 Å². The molecule has 3 aromatic rings. The number of thioether (sulfide) groups is 1. The van der Waals surface area contributed by atoms with Crippen molar-refractivity contribution in [3.05, 3.63) is 85.8 Å². The fraction of sp³-hybridized carbons (Fsp3) is 0.125. The number of hydrogen-bond acceptors (Lipinski definition) is 4. The molecule has 12 heteroatoms. The van der Waals surface area contributed by atoms with Gasteiger partial charge < -0.3 is 9.88 Å². The minimum Gasteiger partial charge on any atom is -0.322 e. The molecule has 36 heavy (non-hydrogen) atoms. The van der Waals surface area contributed by atoms with Crippen LogP contribution < -0.4 is 5.32 Å². The van der Waals surface area contributed by atoms with Gasteiger partial charge in [0.25, 0.3) is 11.1 Å². The van der Waals surface area contributed by atoms with E-state index in [0.29, 0.717) is 38.3 Å². The molecule has 3 amide bonds. The summed E-state index contributed by atoms with van der Waals surface area (Å²) in [7, 11) is 0. The van der Waals surface area contributed by atoms with Gasteiger partial charge in [-0.05, 0) is 73.6 Å². The van der Waals surface area contributed by atoms with Crippen molar-refractivity contribution >= 4 is 63.8 Å². The number of nitrogens with zero attached hydrogens (tertiary/aromatic N) is 2. The van der Waals surface area contributed by atoms with Crippen molar-refractivity contribution in [2.45, 2.75) is 13.8 Å². The number of rotatable bonds is 5. The van der Waals surface area contributed by atoms with Gasteiger partial charge in [-0.15, -0.1) is 0 Å². The topological polar surface area (TPSA) is 71.4 Å². The number of anilines is 1. The minimum absolute atomic E-state index is 0.0844. The summed E-state index contributed by atoms with van der Waals surface area (Å²) in [5, 5.41) is 2.13. The predicted molar refractivity (Wildman–Crippen MR) is 133 cm³/mol. The molecule has 1 aliphatic rings. The second-order valence-corrected chi connectivity index (χ2v) is 9.61. The van der Waals surface area contributed by atoms with Crippen molar-refractivity contribution < 1.29 is 27.6 Å². The molecular formula is C24H16Cl2F3N3O3S. The van der Waals surface area contributed by atoms with Gasteiger partial charge in [0.15, 0.2) is 17.5 Å². The zero-order chi connectivity index (χ0) is 26.3. The fourth-order valence-corrected chi connectivity index (χ4v) is 4.81. The summed E-state index contributed by atoms with van der Waals surface area (Å²) in [5.41, 5.74) is 2.41. The molecule has 0 saturated carbocycles. The Morgan fingerprint density at radius 3 is 2.44 bits per heavy atom. The Balaban J connectivity index is 1.54. The van der Waals surface area contributed by atoms with Crippen LogP contribution in [0.25, 0.3) is 11.8 Å². The predicted octanol–water partition coefficient (Wildman–Crippen LogP) is 6.49. The molecule has 1 N–H and O–H groups in total. The molecule has 6 nitrogen and oxygen atoms in total. The molecule has 0 spiro atoms. The van der Waals surface area contributed by atoms with Crippen LogP contribution in [-0.2, 0) is 9.59 Å². The van der Waals surface area contributed by atoms with E-state index >= 15 is 0 Å². The quantitative estimate of drug-likeness (QED) is 0.289. The highest BCUT2D eigenvalue weighted by Crippen LogP contribution is 2.34. The van der Waals surface area contributed by atoms with E-state index in [4.69, 9.17) is 23.2 Å². The molecule has 1 aromatic heterocycles. The summed E-state index contributed by atoms with van der Waals surface area (Å²) in [5.74, 6) is -6.43. The Morgan fingerprint density at radius 2 is 1.75 bits per heavy atom. The maximum absolute atomic E-state index is 13.8. The third kappa shape index (κ3) is 4.88. The van der Waals surface area contributed by atoms with Crippen molar-refractivity contribution in [3.63, 3.8) is 0 Å². The van der Waals surface area contributed by atoms with E-state index in [2.05, 4.69) is 0 Å². The van der Waals surface area contributed by atoms with Gasteiger partial charge in [-0.1, -0.05) is 23.2 Å². The highest BCUT2D eigenvalue weighted by atomic mass is 35.5. The van der Waals surface area contributed by atoms with Gasteiger partial charge in [-0.2, -0.15) is 0 Å². The second-order valence-electron chi connectivity index (χ2n) is 7.80.